The monoisotopic (exact) mass is 402 g/mol. The van der Waals surface area contributed by atoms with Crippen molar-refractivity contribution in [3.8, 4) is 0 Å². The van der Waals surface area contributed by atoms with Crippen molar-refractivity contribution >= 4 is 17.9 Å². The van der Waals surface area contributed by atoms with E-state index in [1.54, 1.807) is 24.3 Å². The Morgan fingerprint density at radius 1 is 0.967 bits per heavy atom. The molecule has 2 amide bonds. The van der Waals surface area contributed by atoms with Crippen molar-refractivity contribution in [1.82, 2.24) is 10.6 Å². The van der Waals surface area contributed by atoms with Gasteiger partial charge in [0, 0.05) is 11.6 Å². The van der Waals surface area contributed by atoms with Crippen LogP contribution in [0.15, 0.2) is 71.0 Å². The molecule has 0 aliphatic rings. The third-order valence-electron chi connectivity index (χ3n) is 4.88. The molecule has 0 saturated carbocycles. The zero-order valence-electron chi connectivity index (χ0n) is 17.7. The minimum atomic E-state index is -0.390. The average Bonchev–Trinajstić information content (AvgIpc) is 3.21. The molecule has 0 aliphatic carbocycles. The Bertz CT molecular complexity index is 1060. The molecule has 2 aromatic carbocycles. The Labute approximate surface area is 176 Å². The Balaban J connectivity index is 1.82. The first-order valence-electron chi connectivity index (χ1n) is 9.84. The van der Waals surface area contributed by atoms with E-state index < -0.39 is 0 Å². The Hall–Kier alpha value is -3.60. The van der Waals surface area contributed by atoms with E-state index in [9.17, 15) is 9.59 Å². The molecule has 1 atom stereocenters. The van der Waals surface area contributed by atoms with Gasteiger partial charge in [-0.3, -0.25) is 9.59 Å². The first-order valence-corrected chi connectivity index (χ1v) is 9.84. The number of carbonyl (C=O) groups excluding carboxylic acids is 2. The average molecular weight is 402 g/mol. The lowest BCUT2D eigenvalue weighted by Crippen LogP contribution is -2.36. The number of amides is 2. The smallest absolute Gasteiger partial charge is 0.268 e. The fraction of sp³-hybridized carbons (Fsp3) is 0.200. The molecule has 1 aromatic heterocycles. The van der Waals surface area contributed by atoms with Crippen LogP contribution in [0.3, 0.4) is 0 Å². The number of nitrogens with one attached hydrogen (secondary N) is 2. The summed E-state index contributed by atoms with van der Waals surface area (Å²) >= 11 is 0. The van der Waals surface area contributed by atoms with Gasteiger partial charge in [0.15, 0.2) is 0 Å². The second kappa shape index (κ2) is 9.27. The quantitative estimate of drug-likeness (QED) is 0.579. The van der Waals surface area contributed by atoms with Crippen LogP contribution in [-0.2, 0) is 4.79 Å². The van der Waals surface area contributed by atoms with E-state index in [0.29, 0.717) is 11.3 Å². The highest BCUT2D eigenvalue weighted by Crippen LogP contribution is 2.19. The maximum absolute atomic E-state index is 13.0. The van der Waals surface area contributed by atoms with Crippen molar-refractivity contribution in [2.45, 2.75) is 33.7 Å². The van der Waals surface area contributed by atoms with E-state index in [1.165, 1.54) is 17.9 Å². The molecular formula is C25H26N2O3. The van der Waals surface area contributed by atoms with Crippen molar-refractivity contribution in [1.29, 1.82) is 0 Å². The molecule has 154 valence electrons. The van der Waals surface area contributed by atoms with Gasteiger partial charge in [-0.15, -0.1) is 0 Å². The lowest BCUT2D eigenvalue weighted by Gasteiger charge is -2.18. The lowest BCUT2D eigenvalue weighted by molar-refractivity contribution is -0.118. The van der Waals surface area contributed by atoms with Crippen LogP contribution in [0.2, 0.25) is 0 Å². The van der Waals surface area contributed by atoms with Gasteiger partial charge in [0.2, 0.25) is 0 Å². The van der Waals surface area contributed by atoms with Crippen molar-refractivity contribution < 1.29 is 14.0 Å². The van der Waals surface area contributed by atoms with Crippen LogP contribution in [-0.4, -0.2) is 11.8 Å². The maximum atomic E-state index is 13.0. The number of benzene rings is 2. The summed E-state index contributed by atoms with van der Waals surface area (Å²) in [4.78, 5) is 25.7. The highest BCUT2D eigenvalue weighted by molar-refractivity contribution is 6.05. The predicted molar refractivity (Wildman–Crippen MR) is 118 cm³/mol. The van der Waals surface area contributed by atoms with E-state index in [0.717, 1.165) is 16.7 Å². The number of hydrogen-bond donors (Lipinski definition) is 2. The fourth-order valence-corrected chi connectivity index (χ4v) is 3.24. The molecule has 0 radical (unpaired) electrons. The van der Waals surface area contributed by atoms with Crippen molar-refractivity contribution in [3.63, 3.8) is 0 Å². The minimum Gasteiger partial charge on any atom is -0.465 e. The molecule has 0 fully saturated rings. The zero-order chi connectivity index (χ0) is 21.7. The summed E-state index contributed by atoms with van der Waals surface area (Å²) in [6.45, 7) is 7.92. The molecule has 2 N–H and O–H groups in total. The fourth-order valence-electron chi connectivity index (χ4n) is 3.24. The van der Waals surface area contributed by atoms with Gasteiger partial charge in [-0.2, -0.15) is 0 Å². The van der Waals surface area contributed by atoms with E-state index >= 15 is 0 Å². The Kier molecular flexibility index (Phi) is 6.52. The highest BCUT2D eigenvalue weighted by Gasteiger charge is 2.18. The van der Waals surface area contributed by atoms with Gasteiger partial charge >= 0.3 is 0 Å². The summed E-state index contributed by atoms with van der Waals surface area (Å²) in [5.41, 5.74) is 4.93. The number of aryl methyl sites for hydroxylation is 3. The SMILES string of the molecule is Cc1ccc(C(=O)N/C(=C\c2ccco2)C(=O)NC(C)c2ccc(C)cc2C)cc1. The molecule has 1 unspecified atom stereocenters. The van der Waals surface area contributed by atoms with Crippen LogP contribution < -0.4 is 10.6 Å². The largest absolute Gasteiger partial charge is 0.465 e. The van der Waals surface area contributed by atoms with Crippen molar-refractivity contribution in [3.05, 3.63) is 100 Å². The first kappa shape index (κ1) is 21.1. The van der Waals surface area contributed by atoms with Gasteiger partial charge in [-0.25, -0.2) is 0 Å². The van der Waals surface area contributed by atoms with Gasteiger partial charge in [-0.1, -0.05) is 41.5 Å². The molecule has 0 saturated heterocycles. The second-order valence-electron chi connectivity index (χ2n) is 7.45. The van der Waals surface area contributed by atoms with E-state index in [-0.39, 0.29) is 23.6 Å². The van der Waals surface area contributed by atoms with Gasteiger partial charge in [-0.05, 0) is 63.1 Å². The number of carbonyl (C=O) groups is 2. The predicted octanol–water partition coefficient (Wildman–Crippen LogP) is 4.85. The first-order chi connectivity index (χ1) is 14.3. The molecule has 30 heavy (non-hydrogen) atoms. The molecule has 0 aliphatic heterocycles. The van der Waals surface area contributed by atoms with Gasteiger partial charge < -0.3 is 15.1 Å². The molecule has 5 nitrogen and oxygen atoms in total. The summed E-state index contributed by atoms with van der Waals surface area (Å²) in [6, 6.07) is 16.5. The Morgan fingerprint density at radius 3 is 2.30 bits per heavy atom. The lowest BCUT2D eigenvalue weighted by atomic mass is 10.00. The second-order valence-corrected chi connectivity index (χ2v) is 7.45. The molecule has 0 spiro atoms. The van der Waals surface area contributed by atoms with Crippen LogP contribution in [0.5, 0.6) is 0 Å². The highest BCUT2D eigenvalue weighted by atomic mass is 16.3. The third-order valence-corrected chi connectivity index (χ3v) is 4.88. The van der Waals surface area contributed by atoms with Crippen LogP contribution in [0.1, 0.15) is 51.3 Å². The normalized spacial score (nSPS) is 12.3. The molecule has 5 heteroatoms. The molecule has 3 aromatic rings. The third kappa shape index (κ3) is 5.26. The standard InChI is InChI=1S/C25H26N2O3/c1-16-7-10-20(11-8-16)24(28)27-23(15-21-6-5-13-30-21)25(29)26-19(4)22-12-9-17(2)14-18(22)3/h5-15,19H,1-4H3,(H,26,29)(H,27,28)/b23-15-. The summed E-state index contributed by atoms with van der Waals surface area (Å²) in [5, 5.41) is 5.69. The van der Waals surface area contributed by atoms with E-state index in [2.05, 4.69) is 16.7 Å². The van der Waals surface area contributed by atoms with Crippen molar-refractivity contribution in [2.75, 3.05) is 0 Å². The Morgan fingerprint density at radius 2 is 1.67 bits per heavy atom. The summed E-state index contributed by atoms with van der Waals surface area (Å²) in [7, 11) is 0. The van der Waals surface area contributed by atoms with Gasteiger partial charge in [0.1, 0.15) is 11.5 Å². The van der Waals surface area contributed by atoms with E-state index in [1.807, 2.05) is 52.0 Å². The van der Waals surface area contributed by atoms with Crippen LogP contribution in [0.25, 0.3) is 6.08 Å². The molecule has 0 bridgehead atoms. The topological polar surface area (TPSA) is 71.3 Å². The van der Waals surface area contributed by atoms with Crippen LogP contribution in [0, 0.1) is 20.8 Å². The summed E-state index contributed by atoms with van der Waals surface area (Å²) < 4.78 is 5.33. The number of hydrogen-bond acceptors (Lipinski definition) is 3. The van der Waals surface area contributed by atoms with Gasteiger partial charge in [0.25, 0.3) is 11.8 Å². The van der Waals surface area contributed by atoms with Gasteiger partial charge in [0.05, 0.1) is 12.3 Å². The van der Waals surface area contributed by atoms with Crippen molar-refractivity contribution in [2.24, 2.45) is 0 Å². The van der Waals surface area contributed by atoms with Crippen LogP contribution in [0.4, 0.5) is 0 Å². The number of furan rings is 1. The van der Waals surface area contributed by atoms with E-state index in [4.69, 9.17) is 4.42 Å². The number of rotatable bonds is 6. The molecular weight excluding hydrogens is 376 g/mol. The zero-order valence-corrected chi connectivity index (χ0v) is 17.7. The maximum Gasteiger partial charge on any atom is 0.268 e. The molecule has 1 heterocycles. The summed E-state index contributed by atoms with van der Waals surface area (Å²) in [6.07, 6.45) is 3.04. The minimum absolute atomic E-state index is 0.118. The summed E-state index contributed by atoms with van der Waals surface area (Å²) in [5.74, 6) is -0.273. The molecule has 3 rings (SSSR count). The van der Waals surface area contributed by atoms with Crippen LogP contribution >= 0.6 is 0 Å².